The van der Waals surface area contributed by atoms with Gasteiger partial charge < -0.3 is 4.90 Å². The Hall–Kier alpha value is -2.05. The molecule has 4 rings (SSSR count). The predicted molar refractivity (Wildman–Crippen MR) is 91.8 cm³/mol. The lowest BCUT2D eigenvalue weighted by molar-refractivity contribution is 0.0981. The number of benzene rings is 1. The van der Waals surface area contributed by atoms with Crippen LogP contribution in [0.2, 0.25) is 0 Å². The van der Waals surface area contributed by atoms with Gasteiger partial charge in [-0.15, -0.1) is 11.3 Å². The number of hydrogen-bond donors (Lipinski definition) is 0. The summed E-state index contributed by atoms with van der Waals surface area (Å²) in [5.74, 6) is -0.477. The fourth-order valence-corrected chi connectivity index (χ4v) is 4.29. The summed E-state index contributed by atoms with van der Waals surface area (Å²) >= 11 is 3.06. The number of rotatable bonds is 2. The summed E-state index contributed by atoms with van der Waals surface area (Å²) in [4.78, 5) is 18.9. The molecule has 23 heavy (non-hydrogen) atoms. The molecule has 1 aliphatic rings. The summed E-state index contributed by atoms with van der Waals surface area (Å²) in [5, 5.41) is 6.62. The number of halogens is 1. The number of anilines is 1. The Balaban J connectivity index is 1.67. The van der Waals surface area contributed by atoms with Crippen LogP contribution in [-0.2, 0) is 6.42 Å². The molecule has 1 aliphatic heterocycles. The second-order valence-corrected chi connectivity index (χ2v) is 7.02. The van der Waals surface area contributed by atoms with Crippen molar-refractivity contribution in [2.75, 3.05) is 11.4 Å². The van der Waals surface area contributed by atoms with Gasteiger partial charge in [-0.3, -0.25) is 4.79 Å². The van der Waals surface area contributed by atoms with Gasteiger partial charge in [-0.25, -0.2) is 9.37 Å². The zero-order valence-electron chi connectivity index (χ0n) is 12.2. The molecule has 0 radical (unpaired) electrons. The van der Waals surface area contributed by atoms with Gasteiger partial charge >= 0.3 is 0 Å². The van der Waals surface area contributed by atoms with E-state index < -0.39 is 0 Å². The van der Waals surface area contributed by atoms with Gasteiger partial charge in [-0.1, -0.05) is 6.07 Å². The highest BCUT2D eigenvalue weighted by molar-refractivity contribution is 7.14. The van der Waals surface area contributed by atoms with E-state index in [1.165, 1.54) is 23.5 Å². The number of aromatic nitrogens is 1. The van der Waals surface area contributed by atoms with Gasteiger partial charge in [0.1, 0.15) is 16.5 Å². The van der Waals surface area contributed by atoms with Crippen molar-refractivity contribution in [3.8, 4) is 10.6 Å². The van der Waals surface area contributed by atoms with Crippen LogP contribution in [0.1, 0.15) is 22.5 Å². The molecule has 0 unspecified atom stereocenters. The van der Waals surface area contributed by atoms with Gasteiger partial charge in [0.05, 0.1) is 5.69 Å². The largest absolute Gasteiger partial charge is 0.307 e. The van der Waals surface area contributed by atoms with E-state index >= 15 is 0 Å². The van der Waals surface area contributed by atoms with E-state index in [9.17, 15) is 9.18 Å². The Morgan fingerprint density at radius 1 is 1.26 bits per heavy atom. The van der Waals surface area contributed by atoms with Gasteiger partial charge in [0, 0.05) is 22.9 Å². The summed E-state index contributed by atoms with van der Waals surface area (Å²) in [7, 11) is 0. The highest BCUT2D eigenvalue weighted by Gasteiger charge is 2.25. The molecule has 1 amide bonds. The third kappa shape index (κ3) is 2.68. The van der Waals surface area contributed by atoms with Crippen molar-refractivity contribution >= 4 is 34.3 Å². The van der Waals surface area contributed by atoms with E-state index in [1.807, 2.05) is 16.8 Å². The van der Waals surface area contributed by atoms with Crippen LogP contribution in [-0.4, -0.2) is 17.4 Å². The Labute approximate surface area is 141 Å². The van der Waals surface area contributed by atoms with Gasteiger partial charge in [-0.05, 0) is 42.0 Å². The summed E-state index contributed by atoms with van der Waals surface area (Å²) in [6, 6.07) is 6.65. The Morgan fingerprint density at radius 3 is 3.00 bits per heavy atom. The maximum absolute atomic E-state index is 13.6. The molecular formula is C17H13FN2OS2. The number of hydrogen-bond acceptors (Lipinski definition) is 4. The molecule has 0 bridgehead atoms. The summed E-state index contributed by atoms with van der Waals surface area (Å²) in [6.45, 7) is 0.598. The molecule has 3 heterocycles. The van der Waals surface area contributed by atoms with Crippen LogP contribution >= 0.6 is 22.7 Å². The minimum atomic E-state index is -0.319. The zero-order valence-corrected chi connectivity index (χ0v) is 13.8. The molecule has 3 nitrogen and oxygen atoms in total. The fraction of sp³-hybridized carbons (Fsp3) is 0.176. The Morgan fingerprint density at radius 2 is 2.17 bits per heavy atom. The highest BCUT2D eigenvalue weighted by Crippen LogP contribution is 2.31. The van der Waals surface area contributed by atoms with Crippen LogP contribution in [0.5, 0.6) is 0 Å². The molecule has 0 saturated carbocycles. The second-order valence-electron chi connectivity index (χ2n) is 5.38. The lowest BCUT2D eigenvalue weighted by Crippen LogP contribution is -2.35. The molecule has 0 atom stereocenters. The number of amides is 1. The number of thiazole rings is 1. The third-order valence-electron chi connectivity index (χ3n) is 3.90. The molecule has 1 aromatic carbocycles. The van der Waals surface area contributed by atoms with Crippen molar-refractivity contribution in [1.82, 2.24) is 4.98 Å². The molecule has 0 aliphatic carbocycles. The van der Waals surface area contributed by atoms with Crippen molar-refractivity contribution in [1.29, 1.82) is 0 Å². The topological polar surface area (TPSA) is 33.2 Å². The van der Waals surface area contributed by atoms with Crippen LogP contribution < -0.4 is 4.90 Å². The molecule has 116 valence electrons. The standard InChI is InChI=1S/C17H13FN2OS2/c18-13-4-3-11-2-1-6-20(15(11)8-13)17(21)14-10-23-16(19-14)12-5-7-22-9-12/h3-5,7-10H,1-2,6H2. The minimum absolute atomic E-state index is 0.158. The minimum Gasteiger partial charge on any atom is -0.307 e. The number of carbonyl (C=O) groups excluding carboxylic acids is 1. The molecular weight excluding hydrogens is 331 g/mol. The zero-order chi connectivity index (χ0) is 15.8. The molecule has 0 fully saturated rings. The first-order valence-electron chi connectivity index (χ1n) is 7.31. The summed E-state index contributed by atoms with van der Waals surface area (Å²) in [5.41, 5.74) is 3.14. The molecule has 0 N–H and O–H groups in total. The highest BCUT2D eigenvalue weighted by atomic mass is 32.1. The van der Waals surface area contributed by atoms with Crippen LogP contribution in [0.4, 0.5) is 10.1 Å². The Kier molecular flexibility index (Phi) is 3.71. The first-order valence-corrected chi connectivity index (χ1v) is 9.13. The van der Waals surface area contributed by atoms with Crippen molar-refractivity contribution in [2.45, 2.75) is 12.8 Å². The Bertz CT molecular complexity index is 857. The number of fused-ring (bicyclic) bond motifs is 1. The lowest BCUT2D eigenvalue weighted by atomic mass is 10.0. The summed E-state index contributed by atoms with van der Waals surface area (Å²) < 4.78 is 13.6. The van der Waals surface area contributed by atoms with Gasteiger partial charge in [0.25, 0.3) is 5.91 Å². The quantitative estimate of drug-likeness (QED) is 0.680. The van der Waals surface area contributed by atoms with E-state index in [2.05, 4.69) is 4.98 Å². The SMILES string of the molecule is O=C(c1csc(-c2ccsc2)n1)N1CCCc2ccc(F)cc21. The van der Waals surface area contributed by atoms with Crippen molar-refractivity contribution in [2.24, 2.45) is 0 Å². The van der Waals surface area contributed by atoms with Crippen molar-refractivity contribution < 1.29 is 9.18 Å². The first kappa shape index (κ1) is 14.5. The average Bonchev–Trinajstić information content (AvgIpc) is 3.24. The van der Waals surface area contributed by atoms with Crippen LogP contribution in [0.15, 0.2) is 40.4 Å². The number of carbonyl (C=O) groups is 1. The van der Waals surface area contributed by atoms with E-state index in [0.717, 1.165) is 29.0 Å². The predicted octanol–water partition coefficient (Wildman–Crippen LogP) is 4.60. The number of nitrogens with zero attached hydrogens (tertiary/aromatic N) is 2. The maximum Gasteiger partial charge on any atom is 0.277 e. The van der Waals surface area contributed by atoms with Crippen molar-refractivity contribution in [3.63, 3.8) is 0 Å². The second kappa shape index (κ2) is 5.86. The molecule has 3 aromatic rings. The smallest absolute Gasteiger partial charge is 0.277 e. The van der Waals surface area contributed by atoms with Crippen LogP contribution in [0.3, 0.4) is 0 Å². The van der Waals surface area contributed by atoms with E-state index in [1.54, 1.807) is 27.7 Å². The third-order valence-corrected chi connectivity index (χ3v) is 5.48. The fourth-order valence-electron chi connectivity index (χ4n) is 2.79. The molecule has 0 spiro atoms. The van der Waals surface area contributed by atoms with E-state index in [4.69, 9.17) is 0 Å². The average molecular weight is 344 g/mol. The molecule has 2 aromatic heterocycles. The lowest BCUT2D eigenvalue weighted by Gasteiger charge is -2.28. The van der Waals surface area contributed by atoms with E-state index in [-0.39, 0.29) is 11.7 Å². The van der Waals surface area contributed by atoms with Crippen LogP contribution in [0.25, 0.3) is 10.6 Å². The van der Waals surface area contributed by atoms with Gasteiger partial charge in [-0.2, -0.15) is 11.3 Å². The summed E-state index contributed by atoms with van der Waals surface area (Å²) in [6.07, 6.45) is 1.75. The maximum atomic E-state index is 13.6. The van der Waals surface area contributed by atoms with Gasteiger partial charge in [0.15, 0.2) is 0 Å². The molecule has 6 heteroatoms. The first-order chi connectivity index (χ1) is 11.2. The van der Waals surface area contributed by atoms with Gasteiger partial charge in [0.2, 0.25) is 0 Å². The monoisotopic (exact) mass is 344 g/mol. The van der Waals surface area contributed by atoms with Crippen LogP contribution in [0, 0.1) is 5.82 Å². The number of thiophene rings is 1. The van der Waals surface area contributed by atoms with Crippen molar-refractivity contribution in [3.05, 3.63) is 57.5 Å². The molecule has 0 saturated heterocycles. The number of aryl methyl sites for hydroxylation is 1. The van der Waals surface area contributed by atoms with E-state index in [0.29, 0.717) is 17.9 Å². The normalized spacial score (nSPS) is 13.9.